The smallest absolute Gasteiger partial charge is 0.228 e. The first-order valence-corrected chi connectivity index (χ1v) is 10.6. The molecule has 1 amide bonds. The lowest BCUT2D eigenvalue weighted by Gasteiger charge is -2.17. The van der Waals surface area contributed by atoms with Crippen LogP contribution in [-0.2, 0) is 24.3 Å². The van der Waals surface area contributed by atoms with E-state index >= 15 is 0 Å². The summed E-state index contributed by atoms with van der Waals surface area (Å²) in [6.07, 6.45) is 4.52. The highest BCUT2D eigenvalue weighted by molar-refractivity contribution is 7.10. The topological polar surface area (TPSA) is 43.1 Å². The first-order valence-electron chi connectivity index (χ1n) is 9.72. The van der Waals surface area contributed by atoms with E-state index in [1.807, 2.05) is 51.6 Å². The lowest BCUT2D eigenvalue weighted by molar-refractivity contribution is -0.131. The minimum Gasteiger partial charge on any atom is -0.332 e. The van der Waals surface area contributed by atoms with Gasteiger partial charge < -0.3 is 9.47 Å². The van der Waals surface area contributed by atoms with Gasteiger partial charge in [0.05, 0.1) is 30.9 Å². The number of amides is 1. The van der Waals surface area contributed by atoms with Gasteiger partial charge >= 0.3 is 0 Å². The fourth-order valence-electron chi connectivity index (χ4n) is 3.83. The number of carbonyl (C=O) groups excluding carboxylic acids is 1. The largest absolute Gasteiger partial charge is 0.332 e. The van der Waals surface area contributed by atoms with Gasteiger partial charge in [-0.15, -0.1) is 11.3 Å². The van der Waals surface area contributed by atoms with Crippen LogP contribution in [0.2, 0.25) is 0 Å². The third-order valence-corrected chi connectivity index (χ3v) is 6.45. The molecule has 1 aromatic carbocycles. The van der Waals surface area contributed by atoms with Gasteiger partial charge in [-0.05, 0) is 60.7 Å². The zero-order chi connectivity index (χ0) is 20.0. The molecule has 29 heavy (non-hydrogen) atoms. The molecule has 0 fully saturated rings. The average Bonchev–Trinajstić information content (AvgIpc) is 3.47. The van der Waals surface area contributed by atoms with E-state index < -0.39 is 0 Å². The first-order chi connectivity index (χ1) is 14.1. The molecule has 5 nitrogen and oxygen atoms in total. The summed E-state index contributed by atoms with van der Waals surface area (Å²) < 4.78 is 4.10. The van der Waals surface area contributed by atoms with Crippen LogP contribution in [0.1, 0.15) is 27.3 Å². The molecular formula is C23H22N4OS. The molecule has 1 aliphatic heterocycles. The van der Waals surface area contributed by atoms with E-state index in [1.54, 1.807) is 11.3 Å². The average molecular weight is 403 g/mol. The Bertz CT molecular complexity index is 1170. The summed E-state index contributed by atoms with van der Waals surface area (Å²) in [6.45, 7) is 5.39. The fraction of sp³-hybridized carbons (Fsp3) is 0.217. The zero-order valence-electron chi connectivity index (χ0n) is 16.5. The van der Waals surface area contributed by atoms with E-state index in [9.17, 15) is 4.79 Å². The zero-order valence-corrected chi connectivity index (χ0v) is 17.3. The Kier molecular flexibility index (Phi) is 4.36. The molecule has 5 rings (SSSR count). The van der Waals surface area contributed by atoms with Crippen molar-refractivity contribution in [3.63, 3.8) is 0 Å². The van der Waals surface area contributed by atoms with Crippen molar-refractivity contribution >= 4 is 17.2 Å². The van der Waals surface area contributed by atoms with E-state index in [0.717, 1.165) is 27.6 Å². The molecule has 4 heterocycles. The molecule has 0 aliphatic carbocycles. The maximum absolute atomic E-state index is 12.8. The van der Waals surface area contributed by atoms with Crippen molar-refractivity contribution in [2.45, 2.75) is 33.4 Å². The predicted molar refractivity (Wildman–Crippen MR) is 115 cm³/mol. The number of nitrogens with zero attached hydrogens (tertiary/aromatic N) is 4. The van der Waals surface area contributed by atoms with Crippen LogP contribution in [0.4, 0.5) is 0 Å². The number of rotatable bonds is 4. The maximum Gasteiger partial charge on any atom is 0.228 e. The third-order valence-electron chi connectivity index (χ3n) is 5.57. The summed E-state index contributed by atoms with van der Waals surface area (Å²) in [5, 5.41) is 6.94. The normalized spacial score (nSPS) is 13.1. The first kappa shape index (κ1) is 17.9. The quantitative estimate of drug-likeness (QED) is 0.507. The van der Waals surface area contributed by atoms with E-state index in [0.29, 0.717) is 19.5 Å². The summed E-state index contributed by atoms with van der Waals surface area (Å²) in [5.74, 6) is 1.17. The molecule has 4 aromatic rings. The van der Waals surface area contributed by atoms with Gasteiger partial charge in [0.1, 0.15) is 5.82 Å². The molecule has 6 heteroatoms. The maximum atomic E-state index is 12.8. The van der Waals surface area contributed by atoms with Crippen LogP contribution in [0, 0.1) is 13.8 Å². The Labute approximate surface area is 173 Å². The Morgan fingerprint density at radius 3 is 2.62 bits per heavy atom. The van der Waals surface area contributed by atoms with Crippen LogP contribution in [0.25, 0.3) is 11.5 Å². The molecule has 0 radical (unpaired) electrons. The number of carbonyl (C=O) groups is 1. The molecule has 3 aromatic heterocycles. The molecule has 1 aliphatic rings. The summed E-state index contributed by atoms with van der Waals surface area (Å²) in [4.78, 5) is 15.8. The van der Waals surface area contributed by atoms with E-state index in [4.69, 9.17) is 5.10 Å². The molecule has 0 saturated heterocycles. The second-order valence-electron chi connectivity index (χ2n) is 7.53. The van der Waals surface area contributed by atoms with E-state index in [1.165, 1.54) is 11.1 Å². The minimum atomic E-state index is 0.154. The van der Waals surface area contributed by atoms with Gasteiger partial charge in [-0.2, -0.15) is 5.10 Å². The number of aromatic nitrogens is 3. The van der Waals surface area contributed by atoms with Gasteiger partial charge in [0.2, 0.25) is 5.91 Å². The Balaban J connectivity index is 1.51. The molecular weight excluding hydrogens is 380 g/mol. The van der Waals surface area contributed by atoms with Crippen molar-refractivity contribution in [1.82, 2.24) is 19.2 Å². The van der Waals surface area contributed by atoms with Gasteiger partial charge in [0, 0.05) is 22.8 Å². The van der Waals surface area contributed by atoms with Gasteiger partial charge in [-0.25, -0.2) is 4.68 Å². The fourth-order valence-corrected chi connectivity index (χ4v) is 4.53. The summed E-state index contributed by atoms with van der Waals surface area (Å²) in [7, 11) is 0. The molecule has 146 valence electrons. The van der Waals surface area contributed by atoms with Gasteiger partial charge in [-0.3, -0.25) is 4.79 Å². The molecule has 0 unspecified atom stereocenters. The number of fused-ring (bicyclic) bond motifs is 1. The van der Waals surface area contributed by atoms with Crippen molar-refractivity contribution in [2.75, 3.05) is 0 Å². The number of hydrogen-bond acceptors (Lipinski definition) is 3. The number of aryl methyl sites for hydroxylation is 2. The summed E-state index contributed by atoms with van der Waals surface area (Å²) >= 11 is 1.63. The second kappa shape index (κ2) is 7.04. The van der Waals surface area contributed by atoms with Gasteiger partial charge in [-0.1, -0.05) is 12.1 Å². The molecule has 0 saturated carbocycles. The van der Waals surface area contributed by atoms with Crippen LogP contribution < -0.4 is 0 Å². The summed E-state index contributed by atoms with van der Waals surface area (Å²) in [6, 6.07) is 14.4. The minimum absolute atomic E-state index is 0.154. The number of thiophene rings is 1. The standard InChI is InChI=1S/C23H22N4OS/c1-16-7-8-18(12-17(16)2)27-23(25-9-3-4-10-25)20-14-26(15-21(20)24-27)22(28)13-19-6-5-11-29-19/h3-12H,13-15H2,1-2H3. The molecule has 0 N–H and O–H groups in total. The Hall–Kier alpha value is -3.12. The third kappa shape index (κ3) is 3.19. The molecule has 0 spiro atoms. The van der Waals surface area contributed by atoms with Crippen molar-refractivity contribution in [3.8, 4) is 11.5 Å². The van der Waals surface area contributed by atoms with Crippen LogP contribution in [-0.4, -0.2) is 25.2 Å². The molecule has 0 atom stereocenters. The Morgan fingerprint density at radius 2 is 1.90 bits per heavy atom. The van der Waals surface area contributed by atoms with Crippen LogP contribution in [0.5, 0.6) is 0 Å². The number of benzene rings is 1. The lowest BCUT2D eigenvalue weighted by Crippen LogP contribution is -2.27. The SMILES string of the molecule is Cc1ccc(-n2nc3c(c2-n2cccc2)CN(C(=O)Cc2cccs2)C3)cc1C. The lowest BCUT2D eigenvalue weighted by atomic mass is 10.1. The van der Waals surface area contributed by atoms with Crippen LogP contribution in [0.15, 0.2) is 60.2 Å². The summed E-state index contributed by atoms with van der Waals surface area (Å²) in [5.41, 5.74) is 5.65. The van der Waals surface area contributed by atoms with Crippen molar-refractivity contribution < 1.29 is 4.79 Å². The highest BCUT2D eigenvalue weighted by atomic mass is 32.1. The van der Waals surface area contributed by atoms with Crippen molar-refractivity contribution in [2.24, 2.45) is 0 Å². The Morgan fingerprint density at radius 1 is 1.07 bits per heavy atom. The van der Waals surface area contributed by atoms with E-state index in [2.05, 4.69) is 36.6 Å². The van der Waals surface area contributed by atoms with E-state index in [-0.39, 0.29) is 5.91 Å². The number of hydrogen-bond donors (Lipinski definition) is 0. The van der Waals surface area contributed by atoms with Crippen molar-refractivity contribution in [1.29, 1.82) is 0 Å². The second-order valence-corrected chi connectivity index (χ2v) is 8.56. The monoisotopic (exact) mass is 402 g/mol. The van der Waals surface area contributed by atoms with Crippen LogP contribution >= 0.6 is 11.3 Å². The molecule has 0 bridgehead atoms. The highest BCUT2D eigenvalue weighted by Crippen LogP contribution is 2.31. The van der Waals surface area contributed by atoms with Crippen LogP contribution in [0.3, 0.4) is 0 Å². The van der Waals surface area contributed by atoms with Gasteiger partial charge in [0.15, 0.2) is 0 Å². The highest BCUT2D eigenvalue weighted by Gasteiger charge is 2.31. The van der Waals surface area contributed by atoms with Crippen molar-refractivity contribution in [3.05, 3.63) is 87.5 Å². The predicted octanol–water partition coefficient (Wildman–Crippen LogP) is 4.43. The van der Waals surface area contributed by atoms with Gasteiger partial charge in [0.25, 0.3) is 0 Å².